The van der Waals surface area contributed by atoms with Crippen LogP contribution in [0.4, 0.5) is 0 Å². The summed E-state index contributed by atoms with van der Waals surface area (Å²) in [5.74, 6) is 2.10. The second-order valence-corrected chi connectivity index (χ2v) is 5.80. The van der Waals surface area contributed by atoms with E-state index in [9.17, 15) is 5.11 Å². The summed E-state index contributed by atoms with van der Waals surface area (Å²) in [6.45, 7) is 2.12. The highest BCUT2D eigenvalue weighted by Crippen LogP contribution is 2.23. The van der Waals surface area contributed by atoms with E-state index < -0.39 is 0 Å². The molecule has 16 heavy (non-hydrogen) atoms. The third-order valence-corrected chi connectivity index (χ3v) is 3.93. The van der Waals surface area contributed by atoms with Crippen molar-refractivity contribution in [2.24, 2.45) is 0 Å². The van der Waals surface area contributed by atoms with Crippen molar-refractivity contribution in [3.8, 4) is 0 Å². The Labute approximate surface area is 111 Å². The van der Waals surface area contributed by atoms with Crippen LogP contribution in [0, 0.1) is 0 Å². The van der Waals surface area contributed by atoms with Crippen LogP contribution >= 0.6 is 35.0 Å². The molecule has 0 aromatic heterocycles. The first-order valence-electron chi connectivity index (χ1n) is 5.33. The third-order valence-electron chi connectivity index (χ3n) is 2.25. The summed E-state index contributed by atoms with van der Waals surface area (Å²) in [5, 5.41) is 10.9. The summed E-state index contributed by atoms with van der Waals surface area (Å²) < 4.78 is 0. The molecule has 1 unspecified atom stereocenters. The van der Waals surface area contributed by atoms with Gasteiger partial charge in [-0.2, -0.15) is 11.8 Å². The van der Waals surface area contributed by atoms with E-state index in [-0.39, 0.29) is 6.10 Å². The molecule has 0 amide bonds. The Balaban J connectivity index is 2.43. The van der Waals surface area contributed by atoms with Gasteiger partial charge in [0, 0.05) is 0 Å². The lowest BCUT2D eigenvalue weighted by atomic mass is 10.1. The normalized spacial score (nSPS) is 12.8. The van der Waals surface area contributed by atoms with Crippen molar-refractivity contribution in [1.82, 2.24) is 0 Å². The SMILES string of the molecule is CCSCCC(O)Cc1ccc(Cl)c(Cl)c1. The molecule has 1 nitrogen and oxygen atoms in total. The fourth-order valence-electron chi connectivity index (χ4n) is 1.40. The molecule has 0 heterocycles. The Morgan fingerprint density at radius 1 is 1.31 bits per heavy atom. The van der Waals surface area contributed by atoms with Crippen LogP contribution in [-0.2, 0) is 6.42 Å². The lowest BCUT2D eigenvalue weighted by molar-refractivity contribution is 0.172. The Bertz CT molecular complexity index is 331. The standard InChI is InChI=1S/C12H16Cl2OS/c1-2-16-6-5-10(15)7-9-3-4-11(13)12(14)8-9/h3-4,8,10,15H,2,5-7H2,1H3. The van der Waals surface area contributed by atoms with Gasteiger partial charge in [-0.15, -0.1) is 0 Å². The molecule has 0 radical (unpaired) electrons. The number of thioether (sulfide) groups is 1. The summed E-state index contributed by atoms with van der Waals surface area (Å²) >= 11 is 13.6. The Morgan fingerprint density at radius 3 is 2.69 bits per heavy atom. The van der Waals surface area contributed by atoms with E-state index in [1.165, 1.54) is 0 Å². The molecule has 0 spiro atoms. The maximum absolute atomic E-state index is 9.80. The summed E-state index contributed by atoms with van der Waals surface area (Å²) in [6, 6.07) is 5.50. The monoisotopic (exact) mass is 278 g/mol. The minimum atomic E-state index is -0.295. The van der Waals surface area contributed by atoms with Crippen LogP contribution in [-0.4, -0.2) is 22.7 Å². The molecule has 90 valence electrons. The first-order valence-corrected chi connectivity index (χ1v) is 7.24. The predicted octanol–water partition coefficient (Wildman–Crippen LogP) is 4.04. The second-order valence-electron chi connectivity index (χ2n) is 3.59. The van der Waals surface area contributed by atoms with Gasteiger partial charge in [-0.25, -0.2) is 0 Å². The molecule has 0 fully saturated rings. The fraction of sp³-hybridized carbons (Fsp3) is 0.500. The van der Waals surface area contributed by atoms with Gasteiger partial charge in [0.05, 0.1) is 16.1 Å². The van der Waals surface area contributed by atoms with Gasteiger partial charge in [-0.05, 0) is 42.0 Å². The Morgan fingerprint density at radius 2 is 2.06 bits per heavy atom. The summed E-state index contributed by atoms with van der Waals surface area (Å²) in [6.07, 6.45) is 1.16. The fourth-order valence-corrected chi connectivity index (χ4v) is 2.45. The largest absolute Gasteiger partial charge is 0.393 e. The van der Waals surface area contributed by atoms with Crippen LogP contribution in [0.5, 0.6) is 0 Å². The topological polar surface area (TPSA) is 20.2 Å². The highest BCUT2D eigenvalue weighted by molar-refractivity contribution is 7.99. The number of rotatable bonds is 6. The molecule has 0 aliphatic rings. The van der Waals surface area contributed by atoms with Crippen molar-refractivity contribution >= 4 is 35.0 Å². The first kappa shape index (κ1) is 14.2. The highest BCUT2D eigenvalue weighted by atomic mass is 35.5. The molecular formula is C12H16Cl2OS. The first-order chi connectivity index (χ1) is 7.63. The molecule has 1 N–H and O–H groups in total. The molecular weight excluding hydrogens is 263 g/mol. The molecule has 4 heteroatoms. The van der Waals surface area contributed by atoms with Gasteiger partial charge in [0.1, 0.15) is 0 Å². The molecule has 0 aliphatic carbocycles. The van der Waals surface area contributed by atoms with Crippen molar-refractivity contribution in [2.45, 2.75) is 25.9 Å². The van der Waals surface area contributed by atoms with E-state index in [1.807, 2.05) is 23.9 Å². The van der Waals surface area contributed by atoms with Crippen molar-refractivity contribution < 1.29 is 5.11 Å². The number of aliphatic hydroxyl groups excluding tert-OH is 1. The lowest BCUT2D eigenvalue weighted by Gasteiger charge is -2.10. The molecule has 0 saturated heterocycles. The van der Waals surface area contributed by atoms with Crippen molar-refractivity contribution in [3.63, 3.8) is 0 Å². The van der Waals surface area contributed by atoms with E-state index in [2.05, 4.69) is 6.92 Å². The van der Waals surface area contributed by atoms with E-state index >= 15 is 0 Å². The van der Waals surface area contributed by atoms with Crippen LogP contribution < -0.4 is 0 Å². The number of benzene rings is 1. The Hall–Kier alpha value is 0.110. The molecule has 1 atom stereocenters. The van der Waals surface area contributed by atoms with Crippen LogP contribution in [0.15, 0.2) is 18.2 Å². The zero-order valence-electron chi connectivity index (χ0n) is 9.25. The number of aliphatic hydroxyl groups is 1. The maximum Gasteiger partial charge on any atom is 0.0595 e. The van der Waals surface area contributed by atoms with Gasteiger partial charge in [-0.1, -0.05) is 36.2 Å². The van der Waals surface area contributed by atoms with Gasteiger partial charge in [0.2, 0.25) is 0 Å². The van der Waals surface area contributed by atoms with Gasteiger partial charge < -0.3 is 5.11 Å². The third kappa shape index (κ3) is 4.96. The van der Waals surface area contributed by atoms with E-state index in [1.54, 1.807) is 6.07 Å². The zero-order valence-corrected chi connectivity index (χ0v) is 11.6. The number of halogens is 2. The minimum absolute atomic E-state index is 0.295. The van der Waals surface area contributed by atoms with E-state index in [0.717, 1.165) is 23.5 Å². The molecule has 1 aromatic rings. The lowest BCUT2D eigenvalue weighted by Crippen LogP contribution is -2.11. The van der Waals surface area contributed by atoms with Crippen LogP contribution in [0.1, 0.15) is 18.9 Å². The van der Waals surface area contributed by atoms with E-state index in [0.29, 0.717) is 16.5 Å². The van der Waals surface area contributed by atoms with Crippen LogP contribution in [0.2, 0.25) is 10.0 Å². The number of hydrogen-bond acceptors (Lipinski definition) is 2. The summed E-state index contributed by atoms with van der Waals surface area (Å²) in [5.41, 5.74) is 1.03. The van der Waals surface area contributed by atoms with Crippen molar-refractivity contribution in [2.75, 3.05) is 11.5 Å². The van der Waals surface area contributed by atoms with Gasteiger partial charge in [0.25, 0.3) is 0 Å². The Kier molecular flexibility index (Phi) is 6.59. The molecule has 0 aliphatic heterocycles. The number of hydrogen-bond donors (Lipinski definition) is 1. The second kappa shape index (κ2) is 7.44. The van der Waals surface area contributed by atoms with Gasteiger partial charge in [0.15, 0.2) is 0 Å². The highest BCUT2D eigenvalue weighted by Gasteiger charge is 2.07. The van der Waals surface area contributed by atoms with E-state index in [4.69, 9.17) is 23.2 Å². The van der Waals surface area contributed by atoms with Crippen LogP contribution in [0.3, 0.4) is 0 Å². The van der Waals surface area contributed by atoms with Crippen molar-refractivity contribution in [3.05, 3.63) is 33.8 Å². The average Bonchev–Trinajstić information content (AvgIpc) is 2.24. The smallest absolute Gasteiger partial charge is 0.0595 e. The molecule has 1 aromatic carbocycles. The molecule has 0 saturated carbocycles. The zero-order chi connectivity index (χ0) is 12.0. The van der Waals surface area contributed by atoms with Gasteiger partial charge >= 0.3 is 0 Å². The van der Waals surface area contributed by atoms with Crippen molar-refractivity contribution in [1.29, 1.82) is 0 Å². The predicted molar refractivity (Wildman–Crippen MR) is 73.8 cm³/mol. The average molecular weight is 279 g/mol. The molecule has 0 bridgehead atoms. The minimum Gasteiger partial charge on any atom is -0.393 e. The maximum atomic E-state index is 9.80. The van der Waals surface area contributed by atoms with Crippen LogP contribution in [0.25, 0.3) is 0 Å². The summed E-state index contributed by atoms with van der Waals surface area (Å²) in [7, 11) is 0. The quantitative estimate of drug-likeness (QED) is 0.793. The molecule has 1 rings (SSSR count). The van der Waals surface area contributed by atoms with Gasteiger partial charge in [-0.3, -0.25) is 0 Å². The summed E-state index contributed by atoms with van der Waals surface area (Å²) in [4.78, 5) is 0.